The lowest BCUT2D eigenvalue weighted by atomic mass is 10.1. The molecule has 0 aromatic heterocycles. The number of amides is 1. The smallest absolute Gasteiger partial charge is 0.251 e. The summed E-state index contributed by atoms with van der Waals surface area (Å²) in [4.78, 5) is 12.2. The minimum absolute atomic E-state index is 0.0846. The first-order valence-corrected chi connectivity index (χ1v) is 6.89. The van der Waals surface area contributed by atoms with Gasteiger partial charge in [0.25, 0.3) is 5.91 Å². The molecule has 2 rings (SSSR count). The van der Waals surface area contributed by atoms with Gasteiger partial charge in [0.15, 0.2) is 0 Å². The first-order valence-electron chi connectivity index (χ1n) is 6.51. The summed E-state index contributed by atoms with van der Waals surface area (Å²) in [6.07, 6.45) is 2.58. The van der Waals surface area contributed by atoms with Gasteiger partial charge in [0.1, 0.15) is 0 Å². The van der Waals surface area contributed by atoms with Crippen LogP contribution in [0.1, 0.15) is 18.9 Å². The lowest BCUT2D eigenvalue weighted by Crippen LogP contribution is -2.13. The third-order valence-electron chi connectivity index (χ3n) is 2.92. The Kier molecular flexibility index (Phi) is 4.97. The predicted molar refractivity (Wildman–Crippen MR) is 84.8 cm³/mol. The van der Waals surface area contributed by atoms with Gasteiger partial charge in [-0.3, -0.25) is 4.79 Å². The van der Waals surface area contributed by atoms with E-state index >= 15 is 0 Å². The molecule has 0 radical (unpaired) electrons. The highest BCUT2D eigenvalue weighted by molar-refractivity contribution is 6.30. The Morgan fingerprint density at radius 1 is 1.10 bits per heavy atom. The molecule has 0 fully saturated rings. The number of halogens is 1. The molecule has 1 amide bonds. The Hall–Kier alpha value is -2.06. The minimum atomic E-state index is -0.0846. The van der Waals surface area contributed by atoms with Crippen molar-refractivity contribution in [2.75, 3.05) is 5.32 Å². The molecule has 0 aliphatic heterocycles. The molecule has 0 aliphatic carbocycles. The van der Waals surface area contributed by atoms with E-state index in [1.807, 2.05) is 43.3 Å². The van der Waals surface area contributed by atoms with Crippen LogP contribution in [-0.2, 0) is 4.79 Å². The molecule has 0 saturated heterocycles. The third kappa shape index (κ3) is 3.97. The molecule has 102 valence electrons. The van der Waals surface area contributed by atoms with Crippen LogP contribution in [0.2, 0.25) is 5.02 Å². The maximum absolute atomic E-state index is 12.2. The van der Waals surface area contributed by atoms with Gasteiger partial charge in [-0.05, 0) is 42.3 Å². The van der Waals surface area contributed by atoms with Gasteiger partial charge in [0.2, 0.25) is 0 Å². The molecular weight excluding hydrogens is 270 g/mol. The van der Waals surface area contributed by atoms with Crippen LogP contribution in [0.3, 0.4) is 0 Å². The molecule has 2 aromatic rings. The molecule has 0 spiro atoms. The summed E-state index contributed by atoms with van der Waals surface area (Å²) in [5, 5.41) is 3.53. The first kappa shape index (κ1) is 14.4. The quantitative estimate of drug-likeness (QED) is 0.805. The van der Waals surface area contributed by atoms with E-state index in [9.17, 15) is 4.79 Å². The fourth-order valence-electron chi connectivity index (χ4n) is 1.82. The van der Waals surface area contributed by atoms with Gasteiger partial charge in [0.05, 0.1) is 0 Å². The molecule has 0 atom stereocenters. The highest BCUT2D eigenvalue weighted by atomic mass is 35.5. The topological polar surface area (TPSA) is 29.1 Å². The van der Waals surface area contributed by atoms with Crippen molar-refractivity contribution in [3.05, 3.63) is 70.8 Å². The largest absolute Gasteiger partial charge is 0.322 e. The van der Waals surface area contributed by atoms with Crippen molar-refractivity contribution >= 4 is 29.3 Å². The molecule has 0 heterocycles. The van der Waals surface area contributed by atoms with Crippen molar-refractivity contribution in [1.82, 2.24) is 0 Å². The summed E-state index contributed by atoms with van der Waals surface area (Å²) >= 11 is 5.82. The zero-order valence-electron chi connectivity index (χ0n) is 11.3. The summed E-state index contributed by atoms with van der Waals surface area (Å²) < 4.78 is 0. The van der Waals surface area contributed by atoms with Crippen LogP contribution in [0, 0.1) is 0 Å². The number of anilines is 1. The highest BCUT2D eigenvalue weighted by Gasteiger charge is 2.07. The van der Waals surface area contributed by atoms with Crippen LogP contribution in [0.5, 0.6) is 0 Å². The average molecular weight is 286 g/mol. The molecular formula is C17H16ClNO. The number of hydrogen-bond donors (Lipinski definition) is 1. The van der Waals surface area contributed by atoms with Crippen LogP contribution >= 0.6 is 11.6 Å². The number of benzene rings is 2. The number of rotatable bonds is 4. The van der Waals surface area contributed by atoms with Gasteiger partial charge in [-0.25, -0.2) is 0 Å². The number of carbonyl (C=O) groups excluding carboxylic acids is 1. The van der Waals surface area contributed by atoms with E-state index in [-0.39, 0.29) is 5.91 Å². The van der Waals surface area contributed by atoms with E-state index in [1.165, 1.54) is 0 Å². The number of nitrogens with one attached hydrogen (secondary N) is 1. The molecule has 3 heteroatoms. The molecule has 2 aromatic carbocycles. The van der Waals surface area contributed by atoms with Crippen molar-refractivity contribution in [2.45, 2.75) is 13.3 Å². The molecule has 0 saturated carbocycles. The van der Waals surface area contributed by atoms with Crippen LogP contribution in [0.15, 0.2) is 60.2 Å². The molecule has 0 bridgehead atoms. The van der Waals surface area contributed by atoms with Gasteiger partial charge in [-0.2, -0.15) is 0 Å². The molecule has 0 unspecified atom stereocenters. The normalized spacial score (nSPS) is 11.2. The van der Waals surface area contributed by atoms with Gasteiger partial charge in [0, 0.05) is 16.3 Å². The van der Waals surface area contributed by atoms with Crippen molar-refractivity contribution in [3.63, 3.8) is 0 Å². The van der Waals surface area contributed by atoms with Crippen molar-refractivity contribution < 1.29 is 4.79 Å². The Bertz CT molecular complexity index is 603. The maximum atomic E-state index is 12.2. The van der Waals surface area contributed by atoms with Gasteiger partial charge >= 0.3 is 0 Å². The maximum Gasteiger partial charge on any atom is 0.251 e. The Labute approximate surface area is 124 Å². The van der Waals surface area contributed by atoms with Crippen LogP contribution in [0.25, 0.3) is 6.08 Å². The van der Waals surface area contributed by atoms with Crippen LogP contribution < -0.4 is 5.32 Å². The Morgan fingerprint density at radius 2 is 1.75 bits per heavy atom. The van der Waals surface area contributed by atoms with Gasteiger partial charge < -0.3 is 5.32 Å². The number of carbonyl (C=O) groups is 1. The Morgan fingerprint density at radius 3 is 2.35 bits per heavy atom. The summed E-state index contributed by atoms with van der Waals surface area (Å²) in [6, 6.07) is 16.9. The number of hydrogen-bond acceptors (Lipinski definition) is 1. The molecule has 2 nitrogen and oxygen atoms in total. The second-order valence-electron chi connectivity index (χ2n) is 4.39. The lowest BCUT2D eigenvalue weighted by molar-refractivity contribution is -0.112. The van der Waals surface area contributed by atoms with E-state index in [1.54, 1.807) is 24.3 Å². The fourth-order valence-corrected chi connectivity index (χ4v) is 1.95. The summed E-state index contributed by atoms with van der Waals surface area (Å²) in [7, 11) is 0. The standard InChI is InChI=1S/C17H16ClNO/c1-2-14(12-13-6-4-3-5-7-13)17(20)19-16-10-8-15(18)9-11-16/h3-12H,2H2,1H3,(H,19,20)/b14-12+. The van der Waals surface area contributed by atoms with E-state index in [4.69, 9.17) is 11.6 Å². The van der Waals surface area contributed by atoms with E-state index in [2.05, 4.69) is 5.32 Å². The minimum Gasteiger partial charge on any atom is -0.322 e. The van der Waals surface area contributed by atoms with E-state index < -0.39 is 0 Å². The highest BCUT2D eigenvalue weighted by Crippen LogP contribution is 2.16. The average Bonchev–Trinajstić information content (AvgIpc) is 2.48. The first-order chi connectivity index (χ1) is 9.69. The summed E-state index contributed by atoms with van der Waals surface area (Å²) in [6.45, 7) is 1.97. The van der Waals surface area contributed by atoms with E-state index in [0.29, 0.717) is 11.4 Å². The van der Waals surface area contributed by atoms with Crippen LogP contribution in [-0.4, -0.2) is 5.91 Å². The van der Waals surface area contributed by atoms with Gasteiger partial charge in [-0.15, -0.1) is 0 Å². The van der Waals surface area contributed by atoms with Crippen molar-refractivity contribution in [3.8, 4) is 0 Å². The van der Waals surface area contributed by atoms with E-state index in [0.717, 1.165) is 16.8 Å². The summed E-state index contributed by atoms with van der Waals surface area (Å²) in [5.74, 6) is -0.0846. The lowest BCUT2D eigenvalue weighted by Gasteiger charge is -2.07. The fraction of sp³-hybridized carbons (Fsp3) is 0.118. The molecule has 1 N–H and O–H groups in total. The van der Waals surface area contributed by atoms with Gasteiger partial charge in [-0.1, -0.05) is 48.9 Å². The second-order valence-corrected chi connectivity index (χ2v) is 4.83. The zero-order valence-corrected chi connectivity index (χ0v) is 12.0. The SMILES string of the molecule is CC/C(=C\c1ccccc1)C(=O)Nc1ccc(Cl)cc1. The Balaban J connectivity index is 2.13. The van der Waals surface area contributed by atoms with Crippen molar-refractivity contribution in [1.29, 1.82) is 0 Å². The third-order valence-corrected chi connectivity index (χ3v) is 3.17. The zero-order chi connectivity index (χ0) is 14.4. The molecule has 20 heavy (non-hydrogen) atoms. The van der Waals surface area contributed by atoms with Crippen molar-refractivity contribution in [2.24, 2.45) is 0 Å². The second kappa shape index (κ2) is 6.92. The summed E-state index contributed by atoms with van der Waals surface area (Å²) in [5.41, 5.74) is 2.51. The monoisotopic (exact) mass is 285 g/mol. The predicted octanol–water partition coefficient (Wildman–Crippen LogP) is 4.77. The molecule has 0 aliphatic rings. The van der Waals surface area contributed by atoms with Crippen LogP contribution in [0.4, 0.5) is 5.69 Å².